The number of aliphatic hydroxyl groups is 1. The molecule has 96 valence electrons. The van der Waals surface area contributed by atoms with Gasteiger partial charge in [0.05, 0.1) is 19.8 Å². The van der Waals surface area contributed by atoms with Crippen LogP contribution in [0, 0.1) is 16.7 Å². The lowest BCUT2D eigenvalue weighted by Gasteiger charge is -2.36. The fourth-order valence-electron chi connectivity index (χ4n) is 2.34. The highest BCUT2D eigenvalue weighted by molar-refractivity contribution is 5.34. The first-order valence-corrected chi connectivity index (χ1v) is 5.92. The molecular formula is C14H17NO3. The number of methoxy groups -OCH3 is 1. The summed E-state index contributed by atoms with van der Waals surface area (Å²) in [7, 11) is 1.59. The van der Waals surface area contributed by atoms with Crippen LogP contribution in [-0.2, 0) is 10.3 Å². The molecule has 0 amide bonds. The van der Waals surface area contributed by atoms with Crippen LogP contribution in [0.5, 0.6) is 5.75 Å². The summed E-state index contributed by atoms with van der Waals surface area (Å²) in [5, 5.41) is 20.2. The highest BCUT2D eigenvalue weighted by Crippen LogP contribution is 2.45. The second-order valence-corrected chi connectivity index (χ2v) is 4.80. The molecule has 18 heavy (non-hydrogen) atoms. The smallest absolute Gasteiger partial charge is 0.118 e. The summed E-state index contributed by atoms with van der Waals surface area (Å²) < 4.78 is 10.4. The number of hydrogen-bond acceptors (Lipinski definition) is 4. The van der Waals surface area contributed by atoms with E-state index in [-0.39, 0.29) is 6.61 Å². The molecule has 1 aliphatic rings. The Balaban J connectivity index is 2.37. The van der Waals surface area contributed by atoms with Gasteiger partial charge in [-0.15, -0.1) is 0 Å². The van der Waals surface area contributed by atoms with Gasteiger partial charge in [0.25, 0.3) is 0 Å². The summed E-state index contributed by atoms with van der Waals surface area (Å²) in [5.41, 5.74) is -1.40. The van der Waals surface area contributed by atoms with Gasteiger partial charge >= 0.3 is 0 Å². The van der Waals surface area contributed by atoms with Gasteiger partial charge in [-0.1, -0.05) is 12.1 Å². The van der Waals surface area contributed by atoms with Crippen LogP contribution < -0.4 is 4.74 Å². The maximum absolute atomic E-state index is 10.8. The van der Waals surface area contributed by atoms with Crippen LogP contribution in [0.15, 0.2) is 24.3 Å². The van der Waals surface area contributed by atoms with E-state index in [2.05, 4.69) is 6.07 Å². The van der Waals surface area contributed by atoms with Crippen LogP contribution in [-0.4, -0.2) is 25.4 Å². The molecule has 0 aliphatic carbocycles. The van der Waals surface area contributed by atoms with E-state index < -0.39 is 11.0 Å². The Labute approximate surface area is 107 Å². The summed E-state index contributed by atoms with van der Waals surface area (Å²) in [4.78, 5) is 0. The molecule has 1 aliphatic heterocycles. The number of ether oxygens (including phenoxy) is 2. The van der Waals surface area contributed by atoms with E-state index >= 15 is 0 Å². The maximum atomic E-state index is 10.8. The molecule has 0 saturated carbocycles. The maximum Gasteiger partial charge on any atom is 0.118 e. The van der Waals surface area contributed by atoms with E-state index in [1.54, 1.807) is 38.3 Å². The zero-order valence-corrected chi connectivity index (χ0v) is 10.6. The minimum Gasteiger partial charge on any atom is -0.497 e. The average Bonchev–Trinajstić information content (AvgIpc) is 2.89. The zero-order valence-electron chi connectivity index (χ0n) is 10.6. The lowest BCUT2D eigenvalue weighted by molar-refractivity contribution is -0.0481. The van der Waals surface area contributed by atoms with Gasteiger partial charge < -0.3 is 14.6 Å². The third-order valence-electron chi connectivity index (χ3n) is 3.82. The van der Waals surface area contributed by atoms with Gasteiger partial charge in [-0.3, -0.25) is 0 Å². The van der Waals surface area contributed by atoms with Gasteiger partial charge in [-0.2, -0.15) is 5.26 Å². The van der Waals surface area contributed by atoms with Crippen molar-refractivity contribution in [3.63, 3.8) is 0 Å². The molecule has 1 fully saturated rings. The summed E-state index contributed by atoms with van der Waals surface area (Å²) in [6.45, 7) is 2.45. The van der Waals surface area contributed by atoms with Gasteiger partial charge in [0.2, 0.25) is 0 Å². The molecular weight excluding hydrogens is 230 g/mol. The van der Waals surface area contributed by atoms with Gasteiger partial charge in [0.15, 0.2) is 0 Å². The Morgan fingerprint density at radius 1 is 1.44 bits per heavy atom. The quantitative estimate of drug-likeness (QED) is 0.885. The van der Waals surface area contributed by atoms with E-state index in [9.17, 15) is 10.4 Å². The normalized spacial score (nSPS) is 26.3. The van der Waals surface area contributed by atoms with Crippen molar-refractivity contribution in [2.24, 2.45) is 5.41 Å². The lowest BCUT2D eigenvalue weighted by Crippen LogP contribution is -2.43. The first kappa shape index (κ1) is 12.9. The number of hydrogen-bond donors (Lipinski definition) is 1. The summed E-state index contributed by atoms with van der Waals surface area (Å²) in [5.74, 6) is 0.725. The predicted octanol–water partition coefficient (Wildman–Crippen LogP) is 1.83. The minimum atomic E-state index is -1.23. The van der Waals surface area contributed by atoms with Crippen LogP contribution >= 0.6 is 0 Å². The van der Waals surface area contributed by atoms with E-state index in [0.717, 1.165) is 5.75 Å². The van der Waals surface area contributed by atoms with Crippen molar-refractivity contribution < 1.29 is 14.6 Å². The number of nitriles is 1. The van der Waals surface area contributed by atoms with Crippen LogP contribution in [0.25, 0.3) is 0 Å². The molecule has 1 N–H and O–H groups in total. The average molecular weight is 247 g/mol. The Morgan fingerprint density at radius 2 is 2.11 bits per heavy atom. The molecule has 1 heterocycles. The standard InChI is InChI=1S/C14H17NO3/c1-13(16,14(9-15)7-8-18-10-14)11-3-5-12(17-2)6-4-11/h3-6,16H,7-8,10H2,1-2H3. The zero-order chi connectivity index (χ0) is 13.2. The number of rotatable bonds is 3. The molecule has 1 aromatic carbocycles. The van der Waals surface area contributed by atoms with Crippen molar-refractivity contribution in [1.29, 1.82) is 5.26 Å². The first-order chi connectivity index (χ1) is 8.55. The molecule has 0 aromatic heterocycles. The third-order valence-corrected chi connectivity index (χ3v) is 3.82. The molecule has 1 saturated heterocycles. The van der Waals surface area contributed by atoms with Crippen LogP contribution in [0.3, 0.4) is 0 Å². The van der Waals surface area contributed by atoms with Crippen molar-refractivity contribution in [3.8, 4) is 11.8 Å². The molecule has 0 bridgehead atoms. The van der Waals surface area contributed by atoms with Crippen molar-refractivity contribution in [2.45, 2.75) is 18.9 Å². The van der Waals surface area contributed by atoms with Gasteiger partial charge in [0.1, 0.15) is 16.8 Å². The fourth-order valence-corrected chi connectivity index (χ4v) is 2.34. The topological polar surface area (TPSA) is 62.5 Å². The van der Waals surface area contributed by atoms with Crippen LogP contribution in [0.2, 0.25) is 0 Å². The Bertz CT molecular complexity index is 453. The number of nitrogens with zero attached hydrogens (tertiary/aromatic N) is 1. The van der Waals surface area contributed by atoms with Crippen molar-refractivity contribution in [2.75, 3.05) is 20.3 Å². The van der Waals surface area contributed by atoms with Gasteiger partial charge in [-0.25, -0.2) is 0 Å². The predicted molar refractivity (Wildman–Crippen MR) is 66.0 cm³/mol. The van der Waals surface area contributed by atoms with Crippen molar-refractivity contribution in [1.82, 2.24) is 0 Å². The second kappa shape index (κ2) is 4.60. The van der Waals surface area contributed by atoms with E-state index in [1.807, 2.05) is 0 Å². The van der Waals surface area contributed by atoms with Gasteiger partial charge in [-0.05, 0) is 31.0 Å². The monoisotopic (exact) mass is 247 g/mol. The van der Waals surface area contributed by atoms with E-state index in [4.69, 9.17) is 9.47 Å². The Hall–Kier alpha value is -1.57. The third kappa shape index (κ3) is 1.86. The molecule has 1 aromatic rings. The molecule has 0 spiro atoms. The molecule has 4 nitrogen and oxygen atoms in total. The molecule has 2 atom stereocenters. The first-order valence-electron chi connectivity index (χ1n) is 5.92. The molecule has 0 radical (unpaired) electrons. The van der Waals surface area contributed by atoms with E-state index in [0.29, 0.717) is 18.6 Å². The van der Waals surface area contributed by atoms with Crippen LogP contribution in [0.4, 0.5) is 0 Å². The molecule has 4 heteroatoms. The van der Waals surface area contributed by atoms with Crippen molar-refractivity contribution >= 4 is 0 Å². The lowest BCUT2D eigenvalue weighted by atomic mass is 9.70. The summed E-state index contributed by atoms with van der Waals surface area (Å²) in [6.07, 6.45) is 0.544. The molecule has 2 rings (SSSR count). The largest absolute Gasteiger partial charge is 0.497 e. The van der Waals surface area contributed by atoms with Gasteiger partial charge in [0, 0.05) is 6.61 Å². The summed E-state index contributed by atoms with van der Waals surface area (Å²) in [6, 6.07) is 9.38. The van der Waals surface area contributed by atoms with Crippen molar-refractivity contribution in [3.05, 3.63) is 29.8 Å². The minimum absolute atomic E-state index is 0.266. The number of benzene rings is 1. The highest BCUT2D eigenvalue weighted by Gasteiger charge is 2.51. The van der Waals surface area contributed by atoms with Crippen LogP contribution in [0.1, 0.15) is 18.9 Å². The van der Waals surface area contributed by atoms with E-state index in [1.165, 1.54) is 0 Å². The summed E-state index contributed by atoms with van der Waals surface area (Å²) >= 11 is 0. The molecule has 2 unspecified atom stereocenters. The second-order valence-electron chi connectivity index (χ2n) is 4.80. The SMILES string of the molecule is COc1ccc(C(C)(O)C2(C#N)CCOC2)cc1. The fraction of sp³-hybridized carbons (Fsp3) is 0.500. The Kier molecular flexibility index (Phi) is 3.29. The highest BCUT2D eigenvalue weighted by atomic mass is 16.5. The Morgan fingerprint density at radius 3 is 2.56 bits per heavy atom.